The van der Waals surface area contributed by atoms with Gasteiger partial charge in [0.05, 0.1) is 19.8 Å². The third kappa shape index (κ3) is 6.30. The van der Waals surface area contributed by atoms with Crippen LogP contribution in [0.4, 0.5) is 0 Å². The van der Waals surface area contributed by atoms with Gasteiger partial charge in [-0.05, 0) is 61.9 Å². The topological polar surface area (TPSA) is 31.4 Å². The lowest BCUT2D eigenvalue weighted by molar-refractivity contribution is 0.0407. The van der Waals surface area contributed by atoms with Gasteiger partial charge in [-0.15, -0.1) is 0 Å². The lowest BCUT2D eigenvalue weighted by atomic mass is 9.89. The van der Waals surface area contributed by atoms with Crippen LogP contribution >= 0.6 is 0 Å². The fourth-order valence-corrected chi connectivity index (χ4v) is 3.07. The first-order valence-electron chi connectivity index (χ1n) is 9.94. The molecule has 0 aliphatic heterocycles. The minimum atomic E-state index is 0.557. The van der Waals surface area contributed by atoms with Crippen molar-refractivity contribution in [3.63, 3.8) is 0 Å². The summed E-state index contributed by atoms with van der Waals surface area (Å²) in [6, 6.07) is 8.85. The Labute approximate surface area is 164 Å². The monoisotopic (exact) mass is 367 g/mol. The Hall–Kier alpha value is -1.97. The minimum absolute atomic E-state index is 0.557. The lowest BCUT2D eigenvalue weighted by Crippen LogP contribution is -2.05. The molecule has 0 bridgehead atoms. The maximum absolute atomic E-state index is 5.76. The first-order chi connectivity index (χ1) is 13.1. The van der Waals surface area contributed by atoms with Crippen LogP contribution in [0.15, 0.2) is 42.2 Å². The number of aryl methyl sites for hydroxylation is 2. The molecule has 1 aromatic heterocycles. The molecule has 0 saturated carbocycles. The van der Waals surface area contributed by atoms with Crippen molar-refractivity contribution in [3.05, 3.63) is 70.0 Å². The van der Waals surface area contributed by atoms with Crippen LogP contribution in [0.3, 0.4) is 0 Å². The summed E-state index contributed by atoms with van der Waals surface area (Å²) in [7, 11) is 0. The molecule has 0 unspecified atom stereocenters. The number of nitrogens with zero attached hydrogens (tertiary/aromatic N) is 1. The lowest BCUT2D eigenvalue weighted by Gasteiger charge is -2.16. The Balaban J connectivity index is 2.22. The van der Waals surface area contributed by atoms with Crippen molar-refractivity contribution in [2.45, 2.75) is 54.1 Å². The first kappa shape index (κ1) is 21.3. The molecule has 1 aromatic carbocycles. The highest BCUT2D eigenvalue weighted by atomic mass is 16.5. The highest BCUT2D eigenvalue weighted by molar-refractivity contribution is 5.83. The van der Waals surface area contributed by atoms with Crippen LogP contribution in [0.25, 0.3) is 5.57 Å². The zero-order chi connectivity index (χ0) is 19.6. The predicted octanol–water partition coefficient (Wildman–Crippen LogP) is 5.87. The molecule has 2 rings (SSSR count). The number of rotatable bonds is 10. The molecule has 0 amide bonds. The molecule has 0 aliphatic rings. The molecule has 3 heteroatoms. The van der Waals surface area contributed by atoms with E-state index < -0.39 is 0 Å². The Kier molecular flexibility index (Phi) is 8.70. The average Bonchev–Trinajstić information content (AvgIpc) is 2.67. The van der Waals surface area contributed by atoms with E-state index in [1.807, 2.05) is 12.4 Å². The van der Waals surface area contributed by atoms with E-state index in [9.17, 15) is 0 Å². The number of aromatic nitrogens is 1. The summed E-state index contributed by atoms with van der Waals surface area (Å²) < 4.78 is 11.2. The van der Waals surface area contributed by atoms with Gasteiger partial charge < -0.3 is 9.47 Å². The zero-order valence-corrected chi connectivity index (χ0v) is 17.5. The summed E-state index contributed by atoms with van der Waals surface area (Å²) in [6.07, 6.45) is 5.90. The molecule has 1 heterocycles. The second-order valence-electron chi connectivity index (χ2n) is 7.07. The van der Waals surface area contributed by atoms with Crippen LogP contribution in [0.1, 0.15) is 61.4 Å². The van der Waals surface area contributed by atoms with Gasteiger partial charge in [0.25, 0.3) is 0 Å². The fraction of sp³-hybridized carbons (Fsp3) is 0.458. The summed E-state index contributed by atoms with van der Waals surface area (Å²) in [6.45, 7) is 13.4. The molecule has 0 saturated heterocycles. The molecule has 0 spiro atoms. The number of hydrogen-bond acceptors (Lipinski definition) is 3. The van der Waals surface area contributed by atoms with Gasteiger partial charge in [0.15, 0.2) is 0 Å². The summed E-state index contributed by atoms with van der Waals surface area (Å²) in [5.41, 5.74) is 8.77. The third-order valence-electron chi connectivity index (χ3n) is 4.69. The summed E-state index contributed by atoms with van der Waals surface area (Å²) >= 11 is 0. The van der Waals surface area contributed by atoms with Crippen molar-refractivity contribution in [2.24, 2.45) is 0 Å². The van der Waals surface area contributed by atoms with Crippen LogP contribution in [0.2, 0.25) is 0 Å². The van der Waals surface area contributed by atoms with Crippen molar-refractivity contribution in [2.75, 3.05) is 19.8 Å². The average molecular weight is 368 g/mol. The quantitative estimate of drug-likeness (QED) is 0.492. The molecule has 3 nitrogen and oxygen atoms in total. The maximum atomic E-state index is 5.76. The normalized spacial score (nSPS) is 12.2. The summed E-state index contributed by atoms with van der Waals surface area (Å²) in [4.78, 5) is 4.48. The zero-order valence-electron chi connectivity index (χ0n) is 17.5. The van der Waals surface area contributed by atoms with Gasteiger partial charge in [-0.2, -0.15) is 0 Å². The van der Waals surface area contributed by atoms with E-state index in [0.717, 1.165) is 30.6 Å². The molecule has 0 radical (unpaired) electrons. The Morgan fingerprint density at radius 1 is 0.963 bits per heavy atom. The number of ether oxygens (including phenoxy) is 2. The van der Waals surface area contributed by atoms with Crippen LogP contribution in [-0.2, 0) is 16.1 Å². The Morgan fingerprint density at radius 3 is 2.48 bits per heavy atom. The largest absolute Gasteiger partial charge is 0.379 e. The van der Waals surface area contributed by atoms with Gasteiger partial charge in [0, 0.05) is 24.6 Å². The van der Waals surface area contributed by atoms with Crippen LogP contribution < -0.4 is 0 Å². The van der Waals surface area contributed by atoms with Gasteiger partial charge >= 0.3 is 0 Å². The van der Waals surface area contributed by atoms with Crippen molar-refractivity contribution >= 4 is 5.57 Å². The van der Waals surface area contributed by atoms with E-state index in [0.29, 0.717) is 19.8 Å². The molecular formula is C24H33NO2. The molecule has 0 fully saturated rings. The summed E-state index contributed by atoms with van der Waals surface area (Å²) in [5.74, 6) is 0. The minimum Gasteiger partial charge on any atom is -0.379 e. The smallest absolute Gasteiger partial charge is 0.0733 e. The van der Waals surface area contributed by atoms with Gasteiger partial charge in [-0.25, -0.2) is 0 Å². The SMILES string of the molecule is CCCOCCOCc1cncc(C(=C(C)CC)c2cc(C)ccc2C)c1. The van der Waals surface area contributed by atoms with Crippen molar-refractivity contribution in [3.8, 4) is 0 Å². The van der Waals surface area contributed by atoms with Gasteiger partial charge in [-0.1, -0.05) is 43.2 Å². The number of pyridine rings is 1. The van der Waals surface area contributed by atoms with Crippen LogP contribution in [0, 0.1) is 13.8 Å². The van der Waals surface area contributed by atoms with Crippen LogP contribution in [0.5, 0.6) is 0 Å². The van der Waals surface area contributed by atoms with E-state index in [1.54, 1.807) is 0 Å². The Morgan fingerprint density at radius 2 is 1.74 bits per heavy atom. The van der Waals surface area contributed by atoms with E-state index in [4.69, 9.17) is 9.47 Å². The van der Waals surface area contributed by atoms with Crippen molar-refractivity contribution < 1.29 is 9.47 Å². The van der Waals surface area contributed by atoms with Crippen LogP contribution in [-0.4, -0.2) is 24.8 Å². The molecule has 2 aromatic rings. The van der Waals surface area contributed by atoms with Crippen molar-refractivity contribution in [1.29, 1.82) is 0 Å². The molecule has 27 heavy (non-hydrogen) atoms. The Bertz CT molecular complexity index is 765. The molecule has 0 aliphatic carbocycles. The van der Waals surface area contributed by atoms with E-state index in [-0.39, 0.29) is 0 Å². The first-order valence-corrected chi connectivity index (χ1v) is 9.94. The highest BCUT2D eigenvalue weighted by Crippen LogP contribution is 2.31. The molecule has 0 atom stereocenters. The molecule has 146 valence electrons. The van der Waals surface area contributed by atoms with Crippen molar-refractivity contribution in [1.82, 2.24) is 4.98 Å². The second-order valence-corrected chi connectivity index (χ2v) is 7.07. The van der Waals surface area contributed by atoms with E-state index in [1.165, 1.54) is 27.8 Å². The highest BCUT2D eigenvalue weighted by Gasteiger charge is 2.12. The number of hydrogen-bond donors (Lipinski definition) is 0. The fourth-order valence-electron chi connectivity index (χ4n) is 3.07. The number of benzene rings is 1. The van der Waals surface area contributed by atoms with Gasteiger partial charge in [-0.3, -0.25) is 4.98 Å². The number of allylic oxidation sites excluding steroid dienone is 1. The molecule has 0 N–H and O–H groups in total. The van der Waals surface area contributed by atoms with E-state index in [2.05, 4.69) is 63.9 Å². The summed E-state index contributed by atoms with van der Waals surface area (Å²) in [5, 5.41) is 0. The third-order valence-corrected chi connectivity index (χ3v) is 4.69. The standard InChI is InChI=1S/C24H33NO2/c1-6-10-26-11-12-27-17-21-14-22(16-25-15-21)24(19(4)7-2)23-13-18(3)8-9-20(23)5/h8-9,13-16H,6-7,10-12,17H2,1-5H3. The molecular weight excluding hydrogens is 334 g/mol. The van der Waals surface area contributed by atoms with Gasteiger partial charge in [0.2, 0.25) is 0 Å². The maximum Gasteiger partial charge on any atom is 0.0733 e. The van der Waals surface area contributed by atoms with Gasteiger partial charge in [0.1, 0.15) is 0 Å². The van der Waals surface area contributed by atoms with E-state index >= 15 is 0 Å². The second kappa shape index (κ2) is 11.0. The predicted molar refractivity (Wildman–Crippen MR) is 113 cm³/mol.